The summed E-state index contributed by atoms with van der Waals surface area (Å²) in [4.78, 5) is 2.20. The lowest BCUT2D eigenvalue weighted by Crippen LogP contribution is -2.35. The molecule has 2 unspecified atom stereocenters. The molecule has 1 aliphatic rings. The average molecular weight is 315 g/mol. The van der Waals surface area contributed by atoms with Crippen molar-refractivity contribution >= 4 is 15.9 Å². The van der Waals surface area contributed by atoms with E-state index in [4.69, 9.17) is 0 Å². The molecular formula is C13H23BrN4. The highest BCUT2D eigenvalue weighted by Gasteiger charge is 2.27. The zero-order chi connectivity index (χ0) is 13.1. The molecular weight excluding hydrogens is 292 g/mol. The highest BCUT2D eigenvalue weighted by molar-refractivity contribution is 9.10. The largest absolute Gasteiger partial charge is 0.316 e. The second-order valence-corrected chi connectivity index (χ2v) is 6.34. The molecule has 18 heavy (non-hydrogen) atoms. The lowest BCUT2D eigenvalue weighted by molar-refractivity contribution is 0.318. The molecule has 1 fully saturated rings. The van der Waals surface area contributed by atoms with E-state index in [9.17, 15) is 0 Å². The van der Waals surface area contributed by atoms with Gasteiger partial charge in [0.1, 0.15) is 0 Å². The van der Waals surface area contributed by atoms with Gasteiger partial charge in [0, 0.05) is 12.5 Å². The molecule has 0 spiro atoms. The molecule has 0 amide bonds. The van der Waals surface area contributed by atoms with E-state index in [1.165, 1.54) is 16.6 Å². The maximum Gasteiger partial charge on any atom is 0.0635 e. The Bertz CT molecular complexity index is 388. The summed E-state index contributed by atoms with van der Waals surface area (Å²) in [6.45, 7) is 6.54. The van der Waals surface area contributed by atoms with Crippen molar-refractivity contribution in [1.82, 2.24) is 20.0 Å². The van der Waals surface area contributed by atoms with Crippen LogP contribution in [0.15, 0.2) is 10.7 Å². The van der Waals surface area contributed by atoms with Crippen molar-refractivity contribution in [2.75, 3.05) is 33.7 Å². The van der Waals surface area contributed by atoms with Crippen LogP contribution in [0.1, 0.15) is 25.0 Å². The maximum atomic E-state index is 4.52. The second kappa shape index (κ2) is 6.17. The summed E-state index contributed by atoms with van der Waals surface area (Å²) in [5, 5.41) is 7.98. The van der Waals surface area contributed by atoms with E-state index >= 15 is 0 Å². The molecule has 0 saturated carbocycles. The molecule has 0 bridgehead atoms. The molecule has 2 rings (SSSR count). The van der Waals surface area contributed by atoms with E-state index in [-0.39, 0.29) is 0 Å². The van der Waals surface area contributed by atoms with Gasteiger partial charge < -0.3 is 10.2 Å². The number of nitrogens with one attached hydrogen (secondary N) is 1. The van der Waals surface area contributed by atoms with Gasteiger partial charge in [0.2, 0.25) is 0 Å². The van der Waals surface area contributed by atoms with Gasteiger partial charge >= 0.3 is 0 Å². The first-order chi connectivity index (χ1) is 8.59. The Labute approximate surface area is 118 Å². The van der Waals surface area contributed by atoms with E-state index in [0.29, 0.717) is 11.8 Å². The molecule has 0 aliphatic carbocycles. The Balaban J connectivity index is 2.17. The topological polar surface area (TPSA) is 33.1 Å². The Morgan fingerprint density at radius 1 is 1.56 bits per heavy atom. The number of likely N-dealkylation sites (N-methyl/N-ethyl adjacent to an activating group) is 1. The Kier molecular flexibility index (Phi) is 4.81. The van der Waals surface area contributed by atoms with Crippen molar-refractivity contribution in [3.8, 4) is 0 Å². The Morgan fingerprint density at radius 3 is 3.00 bits per heavy atom. The fourth-order valence-corrected chi connectivity index (χ4v) is 3.22. The molecule has 1 aromatic heterocycles. The first kappa shape index (κ1) is 14.0. The summed E-state index contributed by atoms with van der Waals surface area (Å²) >= 11 is 3.67. The van der Waals surface area contributed by atoms with E-state index in [1.54, 1.807) is 0 Å². The number of piperidine rings is 1. The molecule has 0 aromatic carbocycles. The molecule has 2 atom stereocenters. The van der Waals surface area contributed by atoms with Crippen LogP contribution in [-0.2, 0) is 6.54 Å². The maximum absolute atomic E-state index is 4.52. The van der Waals surface area contributed by atoms with Gasteiger partial charge in [0.25, 0.3) is 0 Å². The van der Waals surface area contributed by atoms with E-state index in [1.807, 2.05) is 6.20 Å². The number of hydrogen-bond acceptors (Lipinski definition) is 3. The van der Waals surface area contributed by atoms with Crippen molar-refractivity contribution in [1.29, 1.82) is 0 Å². The minimum Gasteiger partial charge on any atom is -0.316 e. The van der Waals surface area contributed by atoms with Crippen LogP contribution in [0.5, 0.6) is 0 Å². The smallest absolute Gasteiger partial charge is 0.0635 e. The van der Waals surface area contributed by atoms with Gasteiger partial charge in [-0.15, -0.1) is 0 Å². The molecule has 2 heterocycles. The zero-order valence-electron chi connectivity index (χ0n) is 11.5. The summed E-state index contributed by atoms with van der Waals surface area (Å²) in [5.41, 5.74) is 1.38. The van der Waals surface area contributed by atoms with Crippen LogP contribution in [0.3, 0.4) is 0 Å². The van der Waals surface area contributed by atoms with Gasteiger partial charge in [-0.2, -0.15) is 5.10 Å². The summed E-state index contributed by atoms with van der Waals surface area (Å²) in [6, 6.07) is 0. The standard InChI is InChI=1S/C13H23BrN4/c1-10-8-15-5-4-11(10)13-12(14)9-16-18(13)7-6-17(2)3/h9-11,15H,4-8H2,1-3H3. The van der Waals surface area contributed by atoms with Crippen LogP contribution in [0.2, 0.25) is 0 Å². The molecule has 1 N–H and O–H groups in total. The lowest BCUT2D eigenvalue weighted by Gasteiger charge is -2.30. The third kappa shape index (κ3) is 3.13. The number of halogens is 1. The number of aromatic nitrogens is 2. The molecule has 0 radical (unpaired) electrons. The Morgan fingerprint density at radius 2 is 2.33 bits per heavy atom. The van der Waals surface area contributed by atoms with Crippen molar-refractivity contribution < 1.29 is 0 Å². The minimum absolute atomic E-state index is 0.616. The van der Waals surface area contributed by atoms with Crippen LogP contribution in [0.25, 0.3) is 0 Å². The lowest BCUT2D eigenvalue weighted by atomic mass is 9.85. The molecule has 1 saturated heterocycles. The van der Waals surface area contributed by atoms with Crippen molar-refractivity contribution in [3.63, 3.8) is 0 Å². The van der Waals surface area contributed by atoms with Gasteiger partial charge in [-0.05, 0) is 55.5 Å². The monoisotopic (exact) mass is 314 g/mol. The van der Waals surface area contributed by atoms with Crippen LogP contribution >= 0.6 is 15.9 Å². The quantitative estimate of drug-likeness (QED) is 0.921. The van der Waals surface area contributed by atoms with E-state index in [2.05, 4.69) is 56.9 Å². The predicted molar refractivity (Wildman–Crippen MR) is 77.9 cm³/mol. The van der Waals surface area contributed by atoms with Crippen LogP contribution < -0.4 is 5.32 Å². The minimum atomic E-state index is 0.616. The molecule has 5 heteroatoms. The van der Waals surface area contributed by atoms with Gasteiger partial charge in [-0.25, -0.2) is 0 Å². The first-order valence-electron chi connectivity index (χ1n) is 6.66. The van der Waals surface area contributed by atoms with Crippen LogP contribution in [-0.4, -0.2) is 48.4 Å². The first-order valence-corrected chi connectivity index (χ1v) is 7.45. The van der Waals surface area contributed by atoms with Gasteiger partial charge in [0.05, 0.1) is 22.9 Å². The summed E-state index contributed by atoms with van der Waals surface area (Å²) in [6.07, 6.45) is 3.15. The fraction of sp³-hybridized carbons (Fsp3) is 0.769. The number of hydrogen-bond donors (Lipinski definition) is 1. The normalized spacial score (nSPS) is 24.7. The number of nitrogens with zero attached hydrogens (tertiary/aromatic N) is 3. The summed E-state index contributed by atoms with van der Waals surface area (Å²) in [7, 11) is 4.21. The van der Waals surface area contributed by atoms with Crippen molar-refractivity contribution in [2.24, 2.45) is 5.92 Å². The third-order valence-electron chi connectivity index (χ3n) is 3.73. The van der Waals surface area contributed by atoms with E-state index < -0.39 is 0 Å². The van der Waals surface area contributed by atoms with Gasteiger partial charge in [0.15, 0.2) is 0 Å². The Hall–Kier alpha value is -0.390. The van der Waals surface area contributed by atoms with E-state index in [0.717, 1.165) is 26.2 Å². The fourth-order valence-electron chi connectivity index (χ4n) is 2.63. The average Bonchev–Trinajstić information content (AvgIpc) is 2.69. The third-order valence-corrected chi connectivity index (χ3v) is 4.34. The van der Waals surface area contributed by atoms with Crippen molar-refractivity contribution in [2.45, 2.75) is 25.8 Å². The highest BCUT2D eigenvalue weighted by atomic mass is 79.9. The zero-order valence-corrected chi connectivity index (χ0v) is 13.1. The van der Waals surface area contributed by atoms with Crippen LogP contribution in [0.4, 0.5) is 0 Å². The van der Waals surface area contributed by atoms with Gasteiger partial charge in [-0.3, -0.25) is 4.68 Å². The highest BCUT2D eigenvalue weighted by Crippen LogP contribution is 2.34. The summed E-state index contributed by atoms with van der Waals surface area (Å²) < 4.78 is 3.34. The number of rotatable bonds is 4. The van der Waals surface area contributed by atoms with Crippen LogP contribution in [0, 0.1) is 5.92 Å². The summed E-state index contributed by atoms with van der Waals surface area (Å²) in [5.74, 6) is 1.29. The SMILES string of the molecule is CC1CNCCC1c1c(Br)cnn1CCN(C)C. The molecule has 102 valence electrons. The van der Waals surface area contributed by atoms with Crippen molar-refractivity contribution in [3.05, 3.63) is 16.4 Å². The van der Waals surface area contributed by atoms with Gasteiger partial charge in [-0.1, -0.05) is 6.92 Å². The molecule has 4 nitrogen and oxygen atoms in total. The predicted octanol–water partition coefficient (Wildman–Crippen LogP) is 1.92. The molecule has 1 aromatic rings. The molecule has 1 aliphatic heterocycles. The second-order valence-electron chi connectivity index (χ2n) is 5.48.